The molecule has 0 saturated carbocycles. The number of para-hydroxylation sites is 2. The summed E-state index contributed by atoms with van der Waals surface area (Å²) in [5.41, 5.74) is 3.46. The fourth-order valence-corrected chi connectivity index (χ4v) is 5.33. The van der Waals surface area contributed by atoms with Gasteiger partial charge in [0.1, 0.15) is 11.4 Å². The number of hydrogen-bond donors (Lipinski definition) is 2. The molecule has 2 aromatic carbocycles. The van der Waals surface area contributed by atoms with Crippen LogP contribution in [0.25, 0.3) is 0 Å². The van der Waals surface area contributed by atoms with Gasteiger partial charge >= 0.3 is 18.0 Å². The number of ether oxygens (including phenoxy) is 1. The second-order valence-electron chi connectivity index (χ2n) is 10.8. The zero-order chi connectivity index (χ0) is 28.7. The molecule has 0 aliphatic carbocycles. The number of piperazine rings is 1. The van der Waals surface area contributed by atoms with Crippen LogP contribution in [-0.2, 0) is 16.0 Å². The number of carboxylic acid groups (broad SMARTS) is 2. The second kappa shape index (κ2) is 12.9. The molecule has 3 aliphatic rings. The normalized spacial score (nSPS) is 18.4. The first-order valence-corrected chi connectivity index (χ1v) is 13.7. The third kappa shape index (κ3) is 7.53. The van der Waals surface area contributed by atoms with Crippen molar-refractivity contribution in [3.63, 3.8) is 0 Å². The number of carbonyl (C=O) groups is 3. The highest BCUT2D eigenvalue weighted by atomic mass is 16.5. The van der Waals surface area contributed by atoms with Crippen LogP contribution in [0.15, 0.2) is 60.7 Å². The van der Waals surface area contributed by atoms with E-state index in [9.17, 15) is 14.4 Å². The predicted molar refractivity (Wildman–Crippen MR) is 153 cm³/mol. The Labute approximate surface area is 235 Å². The van der Waals surface area contributed by atoms with Crippen LogP contribution >= 0.6 is 0 Å². The topological polar surface area (TPSA) is 114 Å². The molecule has 214 valence electrons. The number of urea groups is 1. The summed E-state index contributed by atoms with van der Waals surface area (Å²) >= 11 is 0. The molecule has 2 amide bonds. The summed E-state index contributed by atoms with van der Waals surface area (Å²) in [5, 5.41) is 15.6. The number of anilines is 2. The number of benzene rings is 2. The summed E-state index contributed by atoms with van der Waals surface area (Å²) in [5.74, 6) is -1.43. The van der Waals surface area contributed by atoms with Gasteiger partial charge in [-0.25, -0.2) is 14.4 Å². The molecule has 0 atom stereocenters. The Morgan fingerprint density at radius 1 is 0.875 bits per heavy atom. The Morgan fingerprint density at radius 2 is 1.55 bits per heavy atom. The van der Waals surface area contributed by atoms with Gasteiger partial charge in [0.2, 0.25) is 0 Å². The van der Waals surface area contributed by atoms with Gasteiger partial charge in [0.15, 0.2) is 0 Å². The Balaban J connectivity index is 0.000000406. The fourth-order valence-electron chi connectivity index (χ4n) is 5.33. The molecule has 2 fully saturated rings. The van der Waals surface area contributed by atoms with Crippen LogP contribution in [0.4, 0.5) is 16.2 Å². The van der Waals surface area contributed by atoms with Crippen LogP contribution in [0.5, 0.6) is 5.75 Å². The predicted octanol–water partition coefficient (Wildman–Crippen LogP) is 3.57. The van der Waals surface area contributed by atoms with Crippen molar-refractivity contribution in [1.82, 2.24) is 9.80 Å². The monoisotopic (exact) mass is 550 g/mol. The van der Waals surface area contributed by atoms with E-state index >= 15 is 0 Å². The van der Waals surface area contributed by atoms with Crippen molar-refractivity contribution in [3.05, 3.63) is 66.2 Å². The third-order valence-electron chi connectivity index (χ3n) is 7.22. The van der Waals surface area contributed by atoms with Crippen molar-refractivity contribution in [1.29, 1.82) is 0 Å². The molecule has 3 aliphatic heterocycles. The van der Waals surface area contributed by atoms with Gasteiger partial charge in [0, 0.05) is 75.6 Å². The Bertz CT molecular complexity index is 1210. The lowest BCUT2D eigenvalue weighted by Crippen LogP contribution is -2.47. The molecular weight excluding hydrogens is 512 g/mol. The Kier molecular flexibility index (Phi) is 9.31. The molecule has 2 saturated heterocycles. The van der Waals surface area contributed by atoms with Gasteiger partial charge in [-0.05, 0) is 45.0 Å². The smallest absolute Gasteiger partial charge is 0.328 e. The minimum atomic E-state index is -1.26. The summed E-state index contributed by atoms with van der Waals surface area (Å²) < 4.78 is 6.28. The minimum absolute atomic E-state index is 0.108. The minimum Gasteiger partial charge on any atom is -0.485 e. The lowest BCUT2D eigenvalue weighted by molar-refractivity contribution is -0.134. The molecule has 0 unspecified atom stereocenters. The van der Waals surface area contributed by atoms with E-state index in [1.54, 1.807) is 0 Å². The van der Waals surface area contributed by atoms with Crippen molar-refractivity contribution >= 4 is 29.3 Å². The summed E-state index contributed by atoms with van der Waals surface area (Å²) in [7, 11) is 0. The van der Waals surface area contributed by atoms with Crippen LogP contribution < -0.4 is 14.5 Å². The van der Waals surface area contributed by atoms with Crippen molar-refractivity contribution in [2.24, 2.45) is 0 Å². The first-order valence-electron chi connectivity index (χ1n) is 13.7. The van der Waals surface area contributed by atoms with Gasteiger partial charge < -0.3 is 24.7 Å². The highest BCUT2D eigenvalue weighted by Crippen LogP contribution is 2.42. The van der Waals surface area contributed by atoms with Crippen LogP contribution in [-0.4, -0.2) is 95.9 Å². The molecule has 2 aromatic rings. The maximum Gasteiger partial charge on any atom is 0.328 e. The fraction of sp³-hybridized carbons (Fsp3) is 0.433. The maximum atomic E-state index is 12.7. The van der Waals surface area contributed by atoms with Gasteiger partial charge in [-0.15, -0.1) is 0 Å². The summed E-state index contributed by atoms with van der Waals surface area (Å²) in [6, 6.07) is 16.7. The van der Waals surface area contributed by atoms with E-state index in [2.05, 4.69) is 41.8 Å². The largest absolute Gasteiger partial charge is 0.485 e. The molecule has 0 bridgehead atoms. The molecule has 0 radical (unpaired) electrons. The third-order valence-corrected chi connectivity index (χ3v) is 7.22. The van der Waals surface area contributed by atoms with E-state index in [0.29, 0.717) is 12.2 Å². The highest BCUT2D eigenvalue weighted by molar-refractivity contribution is 5.94. The quantitative estimate of drug-likeness (QED) is 0.480. The van der Waals surface area contributed by atoms with E-state index in [-0.39, 0.29) is 11.6 Å². The average molecular weight is 551 g/mol. The Hall–Kier alpha value is -4.05. The summed E-state index contributed by atoms with van der Waals surface area (Å²) in [6.45, 7) is 11.9. The number of carboxylic acids is 2. The number of fused-ring (bicyclic) bond motifs is 1. The van der Waals surface area contributed by atoms with Gasteiger partial charge in [0.25, 0.3) is 0 Å². The maximum absolute atomic E-state index is 12.7. The van der Waals surface area contributed by atoms with Crippen LogP contribution in [0.3, 0.4) is 0 Å². The number of hydrogen-bond acceptors (Lipinski definition) is 6. The zero-order valence-electron chi connectivity index (χ0n) is 23.2. The first-order chi connectivity index (χ1) is 19.1. The first kappa shape index (κ1) is 28.9. The Morgan fingerprint density at radius 3 is 2.20 bits per heavy atom. The molecule has 3 heterocycles. The molecule has 2 N–H and O–H groups in total. The van der Waals surface area contributed by atoms with E-state index in [1.165, 1.54) is 11.3 Å². The lowest BCUT2D eigenvalue weighted by atomic mass is 10.0. The molecule has 10 heteroatoms. The average Bonchev–Trinajstić information content (AvgIpc) is 3.46. The van der Waals surface area contributed by atoms with E-state index in [0.717, 1.165) is 76.6 Å². The molecule has 0 spiro atoms. The van der Waals surface area contributed by atoms with Gasteiger partial charge in [-0.3, -0.25) is 9.80 Å². The summed E-state index contributed by atoms with van der Waals surface area (Å²) in [4.78, 5) is 40.7. The number of carbonyl (C=O) groups excluding carboxylic acids is 1. The highest BCUT2D eigenvalue weighted by Gasteiger charge is 2.33. The standard InChI is InChI=1S/C26H34N4O2.C4H4O4/c1-26(2)20-21-8-6-11-23(24(21)32-26)28-16-14-27(15-17-28)12-7-13-29-18-19-30(25(29)31)22-9-4-3-5-10-22;5-3(6)1-2-4(7)8/h3-6,8-11H,7,12-20H2,1-2H3;1-2H,(H,5,6)(H,7,8)/b;2-1+. The second-order valence-corrected chi connectivity index (χ2v) is 10.8. The van der Waals surface area contributed by atoms with E-state index in [4.69, 9.17) is 14.9 Å². The van der Waals surface area contributed by atoms with E-state index in [1.807, 2.05) is 40.1 Å². The van der Waals surface area contributed by atoms with Crippen LogP contribution in [0.1, 0.15) is 25.8 Å². The van der Waals surface area contributed by atoms with E-state index < -0.39 is 11.9 Å². The van der Waals surface area contributed by atoms with Crippen LogP contribution in [0.2, 0.25) is 0 Å². The molecule has 5 rings (SSSR count). The van der Waals surface area contributed by atoms with Crippen LogP contribution in [0, 0.1) is 0 Å². The van der Waals surface area contributed by atoms with Crippen molar-refractivity contribution < 1.29 is 29.3 Å². The number of nitrogens with zero attached hydrogens (tertiary/aromatic N) is 4. The van der Waals surface area contributed by atoms with Crippen molar-refractivity contribution in [2.45, 2.75) is 32.3 Å². The molecule has 40 heavy (non-hydrogen) atoms. The molecule has 10 nitrogen and oxygen atoms in total. The molecular formula is C30H38N4O6. The van der Waals surface area contributed by atoms with Gasteiger partial charge in [-0.2, -0.15) is 0 Å². The van der Waals surface area contributed by atoms with Gasteiger partial charge in [0.05, 0.1) is 5.69 Å². The number of aliphatic carboxylic acids is 2. The number of amides is 2. The SMILES string of the molecule is CC1(C)Cc2cccc(N3CCN(CCCN4CCN(c5ccccc5)C4=O)CC3)c2O1.O=C(O)/C=C/C(=O)O. The van der Waals surface area contributed by atoms with Gasteiger partial charge in [-0.1, -0.05) is 30.3 Å². The van der Waals surface area contributed by atoms with Crippen molar-refractivity contribution in [2.75, 3.05) is 62.2 Å². The number of rotatable bonds is 8. The lowest BCUT2D eigenvalue weighted by Gasteiger charge is -2.37. The molecule has 0 aromatic heterocycles. The van der Waals surface area contributed by atoms with Crippen molar-refractivity contribution in [3.8, 4) is 5.75 Å². The zero-order valence-corrected chi connectivity index (χ0v) is 23.2. The summed E-state index contributed by atoms with van der Waals surface area (Å²) in [6.07, 6.45) is 3.12.